The minimum atomic E-state index is -0.308. The van der Waals surface area contributed by atoms with Crippen LogP contribution < -0.4 is 5.32 Å². The van der Waals surface area contributed by atoms with Crippen LogP contribution in [0.1, 0.15) is 47.0 Å². The molecule has 4 nitrogen and oxygen atoms in total. The van der Waals surface area contributed by atoms with Gasteiger partial charge in [0.15, 0.2) is 0 Å². The molecule has 0 aromatic heterocycles. The molecule has 0 aromatic rings. The predicted octanol–water partition coefficient (Wildman–Crippen LogP) is 2.88. The third-order valence-electron chi connectivity index (χ3n) is 3.56. The predicted molar refractivity (Wildman–Crippen MR) is 78.2 cm³/mol. The van der Waals surface area contributed by atoms with Crippen LogP contribution in [0.3, 0.4) is 0 Å². The number of hydrogen-bond acceptors (Lipinski definition) is 3. The zero-order chi connectivity index (χ0) is 14.5. The number of ether oxygens (including phenoxy) is 1. The van der Waals surface area contributed by atoms with Crippen LogP contribution in [-0.4, -0.2) is 43.8 Å². The molecule has 1 heterocycles. The molecule has 19 heavy (non-hydrogen) atoms. The second-order valence-electron chi connectivity index (χ2n) is 6.96. The zero-order valence-electron chi connectivity index (χ0n) is 13.2. The van der Waals surface area contributed by atoms with Crippen molar-refractivity contribution < 1.29 is 9.53 Å². The first-order valence-electron chi connectivity index (χ1n) is 7.41. The number of amides is 1. The number of methoxy groups -OCH3 is 1. The van der Waals surface area contributed by atoms with Crippen LogP contribution >= 0.6 is 0 Å². The average molecular weight is 270 g/mol. The van der Waals surface area contributed by atoms with E-state index >= 15 is 0 Å². The highest BCUT2D eigenvalue weighted by molar-refractivity contribution is 5.67. The first-order chi connectivity index (χ1) is 8.84. The third kappa shape index (κ3) is 6.28. The molecule has 112 valence electrons. The molecule has 1 aliphatic rings. The number of carbonyl (C=O) groups excluding carboxylic acids is 1. The second-order valence-corrected chi connectivity index (χ2v) is 6.96. The summed E-state index contributed by atoms with van der Waals surface area (Å²) in [5, 5.41) is 2.97. The Morgan fingerprint density at radius 2 is 2.05 bits per heavy atom. The molecule has 1 N–H and O–H groups in total. The maximum atomic E-state index is 11.4. The van der Waals surface area contributed by atoms with Crippen molar-refractivity contribution in [3.05, 3.63) is 0 Å². The van der Waals surface area contributed by atoms with Crippen molar-refractivity contribution >= 4 is 6.09 Å². The Kier molecular flexibility index (Phi) is 6.11. The molecule has 1 fully saturated rings. The molecule has 0 aliphatic carbocycles. The fourth-order valence-corrected chi connectivity index (χ4v) is 3.15. The fraction of sp³-hybridized carbons (Fsp3) is 0.933. The minimum absolute atomic E-state index is 0.222. The summed E-state index contributed by atoms with van der Waals surface area (Å²) in [6.45, 7) is 12.3. The van der Waals surface area contributed by atoms with Crippen LogP contribution in [0.15, 0.2) is 0 Å². The van der Waals surface area contributed by atoms with Gasteiger partial charge in [-0.2, -0.15) is 0 Å². The number of rotatable bonds is 4. The maximum absolute atomic E-state index is 11.4. The van der Waals surface area contributed by atoms with E-state index in [0.717, 1.165) is 32.5 Å². The molecule has 0 aromatic carbocycles. The van der Waals surface area contributed by atoms with Gasteiger partial charge in [-0.1, -0.05) is 27.7 Å². The normalized spacial score (nSPS) is 25.1. The molecule has 0 bridgehead atoms. The van der Waals surface area contributed by atoms with E-state index in [0.29, 0.717) is 11.3 Å². The third-order valence-corrected chi connectivity index (χ3v) is 3.56. The first kappa shape index (κ1) is 16.3. The van der Waals surface area contributed by atoms with Crippen LogP contribution in [0.4, 0.5) is 4.79 Å². The van der Waals surface area contributed by atoms with Crippen molar-refractivity contribution in [1.82, 2.24) is 10.2 Å². The number of nitrogens with zero attached hydrogens (tertiary/aromatic N) is 1. The summed E-state index contributed by atoms with van der Waals surface area (Å²) in [4.78, 5) is 13.9. The Morgan fingerprint density at radius 1 is 1.37 bits per heavy atom. The Balaban J connectivity index is 2.59. The largest absolute Gasteiger partial charge is 0.453 e. The van der Waals surface area contributed by atoms with E-state index in [1.54, 1.807) is 0 Å². The number of alkyl carbamates (subject to hydrolysis) is 1. The summed E-state index contributed by atoms with van der Waals surface area (Å²) in [5.74, 6) is 0.655. The van der Waals surface area contributed by atoms with Gasteiger partial charge in [0.25, 0.3) is 0 Å². The molecule has 0 saturated carbocycles. The number of likely N-dealkylation sites (tertiary alicyclic amines) is 1. The Hall–Kier alpha value is -0.770. The molecule has 1 amide bonds. The van der Waals surface area contributed by atoms with Gasteiger partial charge in [0.05, 0.1) is 7.11 Å². The molecule has 0 radical (unpaired) electrons. The SMILES string of the molecule is CCCN1CC(CC(C)(C)C)CC(NC(=O)OC)C1. The van der Waals surface area contributed by atoms with Crippen LogP contribution in [-0.2, 0) is 4.74 Å². The van der Waals surface area contributed by atoms with E-state index in [1.807, 2.05) is 0 Å². The van der Waals surface area contributed by atoms with E-state index in [2.05, 4.69) is 37.9 Å². The van der Waals surface area contributed by atoms with E-state index in [9.17, 15) is 4.79 Å². The van der Waals surface area contributed by atoms with Crippen molar-refractivity contribution in [2.45, 2.75) is 53.0 Å². The topological polar surface area (TPSA) is 41.6 Å². The van der Waals surface area contributed by atoms with Crippen LogP contribution in [0.25, 0.3) is 0 Å². The van der Waals surface area contributed by atoms with Gasteiger partial charge in [-0.3, -0.25) is 0 Å². The molecular weight excluding hydrogens is 240 g/mol. The van der Waals surface area contributed by atoms with Gasteiger partial charge in [0.1, 0.15) is 0 Å². The summed E-state index contributed by atoms with van der Waals surface area (Å²) >= 11 is 0. The van der Waals surface area contributed by atoms with Crippen LogP contribution in [0.2, 0.25) is 0 Å². The quantitative estimate of drug-likeness (QED) is 0.854. The Morgan fingerprint density at radius 3 is 2.58 bits per heavy atom. The standard InChI is InChI=1S/C15H30N2O2/c1-6-7-17-10-12(9-15(2,3)4)8-13(11-17)16-14(18)19-5/h12-13H,6-11H2,1-5H3,(H,16,18). The first-order valence-corrected chi connectivity index (χ1v) is 7.41. The van der Waals surface area contributed by atoms with Gasteiger partial charge in [-0.25, -0.2) is 4.79 Å². The Labute approximate surface area is 117 Å². The summed E-state index contributed by atoms with van der Waals surface area (Å²) in [5.41, 5.74) is 0.343. The number of carbonyl (C=O) groups is 1. The highest BCUT2D eigenvalue weighted by Crippen LogP contribution is 2.30. The molecule has 4 heteroatoms. The smallest absolute Gasteiger partial charge is 0.407 e. The second kappa shape index (κ2) is 7.13. The summed E-state index contributed by atoms with van der Waals surface area (Å²) in [7, 11) is 1.43. The number of piperidine rings is 1. The fourth-order valence-electron chi connectivity index (χ4n) is 3.15. The minimum Gasteiger partial charge on any atom is -0.453 e. The van der Waals surface area contributed by atoms with Crippen molar-refractivity contribution in [2.24, 2.45) is 11.3 Å². The molecule has 1 aliphatic heterocycles. The van der Waals surface area contributed by atoms with Crippen molar-refractivity contribution in [2.75, 3.05) is 26.7 Å². The van der Waals surface area contributed by atoms with Gasteiger partial charge in [-0.15, -0.1) is 0 Å². The molecule has 2 atom stereocenters. The molecular formula is C15H30N2O2. The van der Waals surface area contributed by atoms with E-state index in [4.69, 9.17) is 4.74 Å². The molecule has 0 spiro atoms. The highest BCUT2D eigenvalue weighted by atomic mass is 16.5. The van der Waals surface area contributed by atoms with Crippen molar-refractivity contribution in [3.63, 3.8) is 0 Å². The van der Waals surface area contributed by atoms with E-state index in [1.165, 1.54) is 13.5 Å². The van der Waals surface area contributed by atoms with Gasteiger partial charge < -0.3 is 15.0 Å². The van der Waals surface area contributed by atoms with Gasteiger partial charge in [0.2, 0.25) is 0 Å². The molecule has 2 unspecified atom stereocenters. The lowest BCUT2D eigenvalue weighted by atomic mass is 9.80. The average Bonchev–Trinajstić information content (AvgIpc) is 2.26. The molecule has 1 saturated heterocycles. The Bertz CT molecular complexity index is 286. The molecule has 1 rings (SSSR count). The highest BCUT2D eigenvalue weighted by Gasteiger charge is 2.30. The van der Waals surface area contributed by atoms with Gasteiger partial charge in [0, 0.05) is 19.1 Å². The summed E-state index contributed by atoms with van der Waals surface area (Å²) in [6.07, 6.45) is 3.12. The van der Waals surface area contributed by atoms with Gasteiger partial charge in [-0.05, 0) is 37.1 Å². The lowest BCUT2D eigenvalue weighted by molar-refractivity contribution is 0.106. The number of hydrogen-bond donors (Lipinski definition) is 1. The number of nitrogens with one attached hydrogen (secondary N) is 1. The maximum Gasteiger partial charge on any atom is 0.407 e. The van der Waals surface area contributed by atoms with Crippen molar-refractivity contribution in [1.29, 1.82) is 0 Å². The van der Waals surface area contributed by atoms with Crippen LogP contribution in [0, 0.1) is 11.3 Å². The monoisotopic (exact) mass is 270 g/mol. The zero-order valence-corrected chi connectivity index (χ0v) is 13.2. The van der Waals surface area contributed by atoms with E-state index < -0.39 is 0 Å². The van der Waals surface area contributed by atoms with Crippen LogP contribution in [0.5, 0.6) is 0 Å². The van der Waals surface area contributed by atoms with Gasteiger partial charge >= 0.3 is 6.09 Å². The lowest BCUT2D eigenvalue weighted by Gasteiger charge is -2.40. The lowest BCUT2D eigenvalue weighted by Crippen LogP contribution is -2.51. The van der Waals surface area contributed by atoms with E-state index in [-0.39, 0.29) is 12.1 Å². The van der Waals surface area contributed by atoms with Crippen molar-refractivity contribution in [3.8, 4) is 0 Å². The summed E-state index contributed by atoms with van der Waals surface area (Å²) in [6, 6.07) is 0.222. The summed E-state index contributed by atoms with van der Waals surface area (Å²) < 4.78 is 4.72.